The van der Waals surface area contributed by atoms with Crippen LogP contribution < -0.4 is 24.3 Å². The molecule has 0 aromatic heterocycles. The highest BCUT2D eigenvalue weighted by Crippen LogP contribution is 2.39. The summed E-state index contributed by atoms with van der Waals surface area (Å²) in [7, 11) is 4.97. The molecule has 1 atom stereocenters. The van der Waals surface area contributed by atoms with Crippen LogP contribution in [0, 0.1) is 0 Å². The van der Waals surface area contributed by atoms with E-state index in [1.54, 1.807) is 21.3 Å². The van der Waals surface area contributed by atoms with Gasteiger partial charge in [0.2, 0.25) is 0 Å². The van der Waals surface area contributed by atoms with Crippen LogP contribution in [-0.4, -0.2) is 44.5 Å². The average Bonchev–Trinajstić information content (AvgIpc) is 2.94. The van der Waals surface area contributed by atoms with Crippen LogP contribution in [0.25, 0.3) is 0 Å². The van der Waals surface area contributed by atoms with Crippen molar-refractivity contribution < 1.29 is 18.9 Å². The van der Waals surface area contributed by atoms with Crippen molar-refractivity contribution in [1.29, 1.82) is 0 Å². The largest absolute Gasteiger partial charge is 0.493 e. The van der Waals surface area contributed by atoms with E-state index in [2.05, 4.69) is 54.4 Å². The van der Waals surface area contributed by atoms with E-state index in [1.165, 1.54) is 16.7 Å². The minimum Gasteiger partial charge on any atom is -0.493 e. The fraction of sp³-hybridized carbons (Fsp3) is 0.367. The van der Waals surface area contributed by atoms with Gasteiger partial charge in [-0.05, 0) is 78.0 Å². The van der Waals surface area contributed by atoms with Crippen molar-refractivity contribution in [3.05, 3.63) is 76.9 Å². The second-order valence-electron chi connectivity index (χ2n) is 8.92. The third kappa shape index (κ3) is 5.62. The van der Waals surface area contributed by atoms with Crippen LogP contribution in [0.3, 0.4) is 0 Å². The second-order valence-corrected chi connectivity index (χ2v) is 9.30. The fourth-order valence-corrected chi connectivity index (χ4v) is 5.26. The van der Waals surface area contributed by atoms with E-state index in [-0.39, 0.29) is 6.04 Å². The molecule has 0 saturated heterocycles. The first-order valence-electron chi connectivity index (χ1n) is 12.7. The number of hydrogen-bond acceptors (Lipinski definition) is 5. The smallest absolute Gasteiger partial charge is 0.174 e. The molecule has 0 spiro atoms. The number of hydrogen-bond donors (Lipinski definition) is 1. The van der Waals surface area contributed by atoms with Crippen molar-refractivity contribution in [2.75, 3.05) is 39.8 Å². The van der Waals surface area contributed by atoms with E-state index in [9.17, 15) is 0 Å². The van der Waals surface area contributed by atoms with E-state index in [0.717, 1.165) is 42.8 Å². The molecule has 4 rings (SSSR count). The SMILES string of the molecule is CCc1cccc(CC)c1NC(=S)N1CCc2cc(OC)c(OC)cc2[C@@H]1COc1ccccc1OC. The summed E-state index contributed by atoms with van der Waals surface area (Å²) in [5, 5.41) is 4.29. The first-order chi connectivity index (χ1) is 18.0. The number of rotatable bonds is 9. The maximum Gasteiger partial charge on any atom is 0.174 e. The summed E-state index contributed by atoms with van der Waals surface area (Å²) in [4.78, 5) is 2.23. The van der Waals surface area contributed by atoms with Gasteiger partial charge in [-0.1, -0.05) is 44.2 Å². The van der Waals surface area contributed by atoms with Gasteiger partial charge in [0.15, 0.2) is 28.1 Å². The van der Waals surface area contributed by atoms with Gasteiger partial charge in [0, 0.05) is 12.2 Å². The van der Waals surface area contributed by atoms with Gasteiger partial charge in [-0.2, -0.15) is 0 Å². The molecule has 3 aromatic rings. The lowest BCUT2D eigenvalue weighted by Gasteiger charge is -2.39. The van der Waals surface area contributed by atoms with Crippen LogP contribution in [0.5, 0.6) is 23.0 Å². The molecule has 1 aliphatic rings. The zero-order valence-corrected chi connectivity index (χ0v) is 23.1. The molecule has 0 unspecified atom stereocenters. The number of methoxy groups -OCH3 is 3. The number of benzene rings is 3. The van der Waals surface area contributed by atoms with Gasteiger partial charge in [0.25, 0.3) is 0 Å². The molecule has 3 aromatic carbocycles. The molecule has 0 saturated carbocycles. The molecule has 0 aliphatic carbocycles. The Bertz CT molecular complexity index is 1220. The van der Waals surface area contributed by atoms with Crippen molar-refractivity contribution in [3.8, 4) is 23.0 Å². The predicted molar refractivity (Wildman–Crippen MR) is 153 cm³/mol. The van der Waals surface area contributed by atoms with Crippen molar-refractivity contribution in [2.45, 2.75) is 39.2 Å². The monoisotopic (exact) mass is 520 g/mol. The van der Waals surface area contributed by atoms with Crippen molar-refractivity contribution in [3.63, 3.8) is 0 Å². The highest BCUT2D eigenvalue weighted by atomic mass is 32.1. The van der Waals surface area contributed by atoms with E-state index in [1.807, 2.05) is 24.3 Å². The number of thiocarbonyl (C=S) groups is 1. The summed E-state index contributed by atoms with van der Waals surface area (Å²) in [5.41, 5.74) is 5.94. The number of fused-ring (bicyclic) bond motifs is 1. The third-order valence-electron chi connectivity index (χ3n) is 6.96. The Hall–Kier alpha value is -3.45. The molecule has 0 bridgehead atoms. The van der Waals surface area contributed by atoms with Gasteiger partial charge in [-0.3, -0.25) is 0 Å². The maximum absolute atomic E-state index is 6.35. The zero-order valence-electron chi connectivity index (χ0n) is 22.3. The molecule has 0 amide bonds. The number of nitrogens with zero attached hydrogens (tertiary/aromatic N) is 1. The van der Waals surface area contributed by atoms with Crippen LogP contribution in [0.4, 0.5) is 5.69 Å². The van der Waals surface area contributed by atoms with Gasteiger partial charge in [-0.15, -0.1) is 0 Å². The Morgan fingerprint density at radius 1 is 0.865 bits per heavy atom. The minimum absolute atomic E-state index is 0.132. The lowest BCUT2D eigenvalue weighted by atomic mass is 9.92. The Kier molecular flexibility index (Phi) is 8.77. The molecule has 1 N–H and O–H groups in total. The topological polar surface area (TPSA) is 52.2 Å². The van der Waals surface area contributed by atoms with Crippen LogP contribution in [0.15, 0.2) is 54.6 Å². The van der Waals surface area contributed by atoms with Crippen molar-refractivity contribution in [1.82, 2.24) is 4.90 Å². The number of para-hydroxylation sites is 3. The fourth-order valence-electron chi connectivity index (χ4n) is 4.94. The molecular weight excluding hydrogens is 484 g/mol. The number of aryl methyl sites for hydroxylation is 2. The van der Waals surface area contributed by atoms with E-state index < -0.39 is 0 Å². The van der Waals surface area contributed by atoms with Crippen LogP contribution in [-0.2, 0) is 19.3 Å². The number of anilines is 1. The lowest BCUT2D eigenvalue weighted by molar-refractivity contribution is 0.185. The Morgan fingerprint density at radius 2 is 1.49 bits per heavy atom. The third-order valence-corrected chi connectivity index (χ3v) is 7.30. The second kappa shape index (κ2) is 12.2. The summed E-state index contributed by atoms with van der Waals surface area (Å²) in [6, 6.07) is 18.1. The highest BCUT2D eigenvalue weighted by molar-refractivity contribution is 7.80. The summed E-state index contributed by atoms with van der Waals surface area (Å²) < 4.78 is 23.1. The molecule has 0 fully saturated rings. The summed E-state index contributed by atoms with van der Waals surface area (Å²) >= 11 is 6.05. The molecule has 37 heavy (non-hydrogen) atoms. The van der Waals surface area contributed by atoms with Gasteiger partial charge in [-0.25, -0.2) is 0 Å². The lowest BCUT2D eigenvalue weighted by Crippen LogP contribution is -2.44. The van der Waals surface area contributed by atoms with E-state index in [0.29, 0.717) is 29.0 Å². The van der Waals surface area contributed by atoms with Crippen molar-refractivity contribution in [2.24, 2.45) is 0 Å². The Balaban J connectivity index is 1.70. The van der Waals surface area contributed by atoms with Crippen LogP contribution >= 0.6 is 12.2 Å². The normalized spacial score (nSPS) is 14.5. The van der Waals surface area contributed by atoms with Crippen LogP contribution in [0.2, 0.25) is 0 Å². The van der Waals surface area contributed by atoms with Gasteiger partial charge >= 0.3 is 0 Å². The maximum atomic E-state index is 6.35. The summed E-state index contributed by atoms with van der Waals surface area (Å²) in [6.45, 7) is 5.48. The van der Waals surface area contributed by atoms with Gasteiger partial charge in [0.1, 0.15) is 6.61 Å². The predicted octanol–water partition coefficient (Wildman–Crippen LogP) is 6.21. The van der Waals surface area contributed by atoms with E-state index in [4.69, 9.17) is 31.2 Å². The number of nitrogens with one attached hydrogen (secondary N) is 1. The molecule has 1 heterocycles. The summed E-state index contributed by atoms with van der Waals surface area (Å²) in [5.74, 6) is 2.81. The van der Waals surface area contributed by atoms with E-state index >= 15 is 0 Å². The quantitative estimate of drug-likeness (QED) is 0.337. The van der Waals surface area contributed by atoms with Crippen LogP contribution in [0.1, 0.15) is 42.1 Å². The Morgan fingerprint density at radius 3 is 2.11 bits per heavy atom. The van der Waals surface area contributed by atoms with Gasteiger partial charge < -0.3 is 29.2 Å². The first-order valence-corrected chi connectivity index (χ1v) is 13.1. The molecule has 6 nitrogen and oxygen atoms in total. The minimum atomic E-state index is -0.132. The highest BCUT2D eigenvalue weighted by Gasteiger charge is 2.32. The molecular formula is C30H36N2O4S. The summed E-state index contributed by atoms with van der Waals surface area (Å²) in [6.07, 6.45) is 2.69. The van der Waals surface area contributed by atoms with Gasteiger partial charge in [0.05, 0.1) is 27.4 Å². The average molecular weight is 521 g/mol. The molecule has 1 aliphatic heterocycles. The molecule has 7 heteroatoms. The zero-order chi connectivity index (χ0) is 26.4. The molecule has 196 valence electrons. The molecule has 0 radical (unpaired) electrons. The standard InChI is InChI=1S/C30H36N2O4S/c1-6-20-11-10-12-21(7-2)29(20)31-30(37)32-16-15-22-17-27(34-4)28(35-5)18-23(22)24(32)19-36-26-14-9-8-13-25(26)33-3/h8-14,17-18,24H,6-7,15-16,19H2,1-5H3,(H,31,37)/t24-/m0/s1. The first kappa shape index (κ1) is 26.6. The van der Waals surface area contributed by atoms with Crippen molar-refractivity contribution >= 4 is 23.0 Å². The Labute approximate surface area is 225 Å². The number of ether oxygens (including phenoxy) is 4.